The highest BCUT2D eigenvalue weighted by molar-refractivity contribution is 7.89. The summed E-state index contributed by atoms with van der Waals surface area (Å²) in [5.41, 5.74) is 6.22. The summed E-state index contributed by atoms with van der Waals surface area (Å²) < 4.78 is 26.7. The number of anilines is 1. The van der Waals surface area contributed by atoms with Gasteiger partial charge in [0.15, 0.2) is 0 Å². The fourth-order valence-corrected chi connectivity index (χ4v) is 4.85. The van der Waals surface area contributed by atoms with Crippen LogP contribution in [-0.2, 0) is 27.7 Å². The van der Waals surface area contributed by atoms with Crippen LogP contribution in [0.5, 0.6) is 0 Å². The van der Waals surface area contributed by atoms with Crippen LogP contribution in [-0.4, -0.2) is 14.3 Å². The Labute approximate surface area is 220 Å². The first kappa shape index (κ1) is 27.7. The second kappa shape index (κ2) is 13.4. The minimum atomic E-state index is -3.49. The molecule has 5 nitrogen and oxygen atoms in total. The quantitative estimate of drug-likeness (QED) is 0.378. The summed E-state index contributed by atoms with van der Waals surface area (Å²) in [5, 5.41) is 2.94. The van der Waals surface area contributed by atoms with Crippen LogP contribution in [0.4, 0.5) is 5.69 Å². The van der Waals surface area contributed by atoms with Crippen molar-refractivity contribution in [3.05, 3.63) is 131 Å². The number of benzene rings is 3. The van der Waals surface area contributed by atoms with Gasteiger partial charge >= 0.3 is 0 Å². The molecule has 0 bridgehead atoms. The number of amides is 1. The van der Waals surface area contributed by atoms with Crippen molar-refractivity contribution >= 4 is 21.6 Å². The largest absolute Gasteiger partial charge is 0.326 e. The standard InChI is InChI=1S/C17H19NO.C14H15NO2S/c1-3-15-9-10-16(11-13(15)2)18-17(19)12-14-7-5-4-6-8-14;1-12-6-5-7-13(11-10-12)15-18(16,17)14-8-3-2-4-9-14/h4-11H,3,12H2,1-2H3,(H,18,19);2-5,7-11,15H,6H2,1H3. The molecular weight excluding hydrogens is 480 g/mol. The van der Waals surface area contributed by atoms with Crippen LogP contribution in [0, 0.1) is 6.92 Å². The molecule has 0 spiro atoms. The van der Waals surface area contributed by atoms with Crippen molar-refractivity contribution in [3.63, 3.8) is 0 Å². The Bertz CT molecular complexity index is 1390. The van der Waals surface area contributed by atoms with Crippen LogP contribution in [0.25, 0.3) is 0 Å². The van der Waals surface area contributed by atoms with Gasteiger partial charge in [0, 0.05) is 11.4 Å². The average molecular weight is 515 g/mol. The summed E-state index contributed by atoms with van der Waals surface area (Å²) in [4.78, 5) is 12.2. The Balaban J connectivity index is 0.000000206. The normalized spacial score (nSPS) is 12.8. The van der Waals surface area contributed by atoms with Crippen LogP contribution in [0.2, 0.25) is 0 Å². The second-order valence-electron chi connectivity index (χ2n) is 8.87. The van der Waals surface area contributed by atoms with Gasteiger partial charge in [-0.15, -0.1) is 0 Å². The van der Waals surface area contributed by atoms with E-state index in [1.165, 1.54) is 16.7 Å². The third-order valence-corrected chi connectivity index (χ3v) is 7.20. The lowest BCUT2D eigenvalue weighted by Gasteiger charge is -2.08. The molecule has 192 valence electrons. The molecule has 0 radical (unpaired) electrons. The molecular formula is C31H34N2O3S. The molecule has 1 aliphatic rings. The van der Waals surface area contributed by atoms with E-state index < -0.39 is 10.0 Å². The lowest BCUT2D eigenvalue weighted by Crippen LogP contribution is -2.22. The molecule has 4 rings (SSSR count). The highest BCUT2D eigenvalue weighted by atomic mass is 32.2. The van der Waals surface area contributed by atoms with Gasteiger partial charge in [0.2, 0.25) is 5.91 Å². The van der Waals surface area contributed by atoms with Crippen LogP contribution in [0.3, 0.4) is 0 Å². The summed E-state index contributed by atoms with van der Waals surface area (Å²) in [5.74, 6) is 0.0230. The number of nitrogens with one attached hydrogen (secondary N) is 2. The van der Waals surface area contributed by atoms with Gasteiger partial charge in [-0.3, -0.25) is 9.52 Å². The van der Waals surface area contributed by atoms with Gasteiger partial charge in [-0.25, -0.2) is 8.42 Å². The van der Waals surface area contributed by atoms with Gasteiger partial charge in [-0.2, -0.15) is 0 Å². The van der Waals surface area contributed by atoms with Gasteiger partial charge < -0.3 is 5.32 Å². The van der Waals surface area contributed by atoms with Crippen molar-refractivity contribution in [1.82, 2.24) is 4.72 Å². The lowest BCUT2D eigenvalue weighted by atomic mass is 10.1. The first-order valence-electron chi connectivity index (χ1n) is 12.3. The molecule has 2 N–H and O–H groups in total. The molecule has 0 saturated heterocycles. The van der Waals surface area contributed by atoms with Gasteiger partial charge in [-0.05, 0) is 79.8 Å². The monoisotopic (exact) mass is 514 g/mol. The zero-order chi connectivity index (χ0) is 26.7. The SMILES string of the molecule is CC1=CC=C(NS(=O)(=O)c2ccccc2)C=CC1.CCc1ccc(NC(=O)Cc2ccccc2)cc1C. The van der Waals surface area contributed by atoms with E-state index in [0.29, 0.717) is 12.1 Å². The van der Waals surface area contributed by atoms with Crippen molar-refractivity contribution in [2.24, 2.45) is 0 Å². The molecule has 3 aromatic carbocycles. The molecule has 3 aromatic rings. The smallest absolute Gasteiger partial charge is 0.261 e. The molecule has 0 unspecified atom stereocenters. The molecule has 1 aliphatic carbocycles. The van der Waals surface area contributed by atoms with Gasteiger partial charge in [0.05, 0.1) is 11.3 Å². The van der Waals surface area contributed by atoms with E-state index in [4.69, 9.17) is 0 Å². The summed E-state index contributed by atoms with van der Waals surface area (Å²) >= 11 is 0. The van der Waals surface area contributed by atoms with E-state index in [1.54, 1.807) is 42.5 Å². The minimum Gasteiger partial charge on any atom is -0.326 e. The predicted molar refractivity (Wildman–Crippen MR) is 152 cm³/mol. The van der Waals surface area contributed by atoms with Crippen molar-refractivity contribution in [1.29, 1.82) is 0 Å². The number of carbonyl (C=O) groups is 1. The first-order valence-corrected chi connectivity index (χ1v) is 13.8. The third kappa shape index (κ3) is 8.92. The van der Waals surface area contributed by atoms with Crippen molar-refractivity contribution < 1.29 is 13.2 Å². The van der Waals surface area contributed by atoms with E-state index >= 15 is 0 Å². The number of aryl methyl sites for hydroxylation is 2. The Hall–Kier alpha value is -3.90. The number of hydrogen-bond acceptors (Lipinski definition) is 3. The molecule has 0 heterocycles. The van der Waals surface area contributed by atoms with E-state index in [-0.39, 0.29) is 10.8 Å². The number of hydrogen-bond donors (Lipinski definition) is 2. The topological polar surface area (TPSA) is 75.3 Å². The minimum absolute atomic E-state index is 0.0230. The van der Waals surface area contributed by atoms with Gasteiger partial charge in [0.25, 0.3) is 10.0 Å². The van der Waals surface area contributed by atoms with Crippen LogP contribution >= 0.6 is 0 Å². The van der Waals surface area contributed by atoms with Crippen LogP contribution in [0.15, 0.2) is 119 Å². The zero-order valence-electron chi connectivity index (χ0n) is 21.6. The average Bonchev–Trinajstić information content (AvgIpc) is 3.09. The van der Waals surface area contributed by atoms with Crippen molar-refractivity contribution in [2.75, 3.05) is 5.32 Å². The molecule has 0 aliphatic heterocycles. The highest BCUT2D eigenvalue weighted by Gasteiger charge is 2.13. The molecule has 37 heavy (non-hydrogen) atoms. The molecule has 1 amide bonds. The summed E-state index contributed by atoms with van der Waals surface area (Å²) in [6.07, 6.45) is 9.69. The molecule has 0 fully saturated rings. The molecule has 0 atom stereocenters. The maximum Gasteiger partial charge on any atom is 0.261 e. The number of carbonyl (C=O) groups excluding carboxylic acids is 1. The van der Waals surface area contributed by atoms with Gasteiger partial charge in [-0.1, -0.05) is 79.2 Å². The molecule has 6 heteroatoms. The Morgan fingerprint density at radius 3 is 2.22 bits per heavy atom. The van der Waals surface area contributed by atoms with Gasteiger partial charge in [0.1, 0.15) is 0 Å². The van der Waals surface area contributed by atoms with E-state index in [1.807, 2.05) is 61.5 Å². The zero-order valence-corrected chi connectivity index (χ0v) is 22.4. The molecule has 0 aromatic heterocycles. The highest BCUT2D eigenvalue weighted by Crippen LogP contribution is 2.16. The fourth-order valence-electron chi connectivity index (χ4n) is 3.77. The van der Waals surface area contributed by atoms with Crippen molar-refractivity contribution in [2.45, 2.75) is 44.9 Å². The maximum absolute atomic E-state index is 12.1. The van der Waals surface area contributed by atoms with E-state index in [0.717, 1.165) is 24.1 Å². The van der Waals surface area contributed by atoms with Crippen LogP contribution < -0.4 is 10.0 Å². The third-order valence-electron chi connectivity index (χ3n) is 5.81. The fraction of sp³-hybridized carbons (Fsp3) is 0.194. The number of allylic oxidation sites excluding steroid dienone is 5. The number of sulfonamides is 1. The second-order valence-corrected chi connectivity index (χ2v) is 10.5. The Morgan fingerprint density at radius 2 is 1.57 bits per heavy atom. The predicted octanol–water partition coefficient (Wildman–Crippen LogP) is 6.49. The number of rotatable bonds is 7. The summed E-state index contributed by atoms with van der Waals surface area (Å²) in [6.45, 7) is 6.22. The summed E-state index contributed by atoms with van der Waals surface area (Å²) in [6, 6.07) is 24.2. The Kier molecular flexibility index (Phi) is 10.0. The summed E-state index contributed by atoms with van der Waals surface area (Å²) in [7, 11) is -3.49. The molecule has 0 saturated carbocycles. The van der Waals surface area contributed by atoms with Crippen molar-refractivity contribution in [3.8, 4) is 0 Å². The van der Waals surface area contributed by atoms with Crippen LogP contribution in [0.1, 0.15) is 37.0 Å². The maximum atomic E-state index is 12.1. The Morgan fingerprint density at radius 1 is 0.892 bits per heavy atom. The van der Waals surface area contributed by atoms with E-state index in [9.17, 15) is 13.2 Å². The van der Waals surface area contributed by atoms with E-state index in [2.05, 4.69) is 30.0 Å². The lowest BCUT2D eigenvalue weighted by molar-refractivity contribution is -0.115. The first-order chi connectivity index (χ1) is 17.8.